The zero-order valence-corrected chi connectivity index (χ0v) is 16.7. The van der Waals surface area contributed by atoms with Gasteiger partial charge in [0.15, 0.2) is 0 Å². The molecule has 1 aromatic heterocycles. The van der Waals surface area contributed by atoms with Gasteiger partial charge in [-0.3, -0.25) is 14.5 Å². The minimum absolute atomic E-state index is 0.0294. The molecule has 1 amide bonds. The Labute approximate surface area is 163 Å². The van der Waals surface area contributed by atoms with E-state index in [2.05, 4.69) is 17.9 Å². The lowest BCUT2D eigenvalue weighted by Gasteiger charge is -2.42. The van der Waals surface area contributed by atoms with Gasteiger partial charge in [-0.1, -0.05) is 37.0 Å². The van der Waals surface area contributed by atoms with Gasteiger partial charge in [-0.05, 0) is 31.7 Å². The molecule has 4 rings (SSSR count). The number of thioether (sulfide) groups is 1. The Balaban J connectivity index is 1.56. The topological polar surface area (TPSA) is 45.6 Å². The lowest BCUT2D eigenvalue weighted by Crippen LogP contribution is -2.45. The predicted molar refractivity (Wildman–Crippen MR) is 108 cm³/mol. The highest BCUT2D eigenvalue weighted by Gasteiger charge is 2.37. The molecule has 5 nitrogen and oxygen atoms in total. The zero-order chi connectivity index (χ0) is 18.4. The third-order valence-electron chi connectivity index (χ3n) is 5.66. The monoisotopic (exact) mass is 389 g/mol. The molecule has 4 heterocycles. The number of pyridine rings is 1. The predicted octanol–water partition coefficient (Wildman–Crippen LogP) is 2.77. The molecule has 0 saturated carbocycles. The molecule has 2 saturated heterocycles. The van der Waals surface area contributed by atoms with Crippen LogP contribution < -0.4 is 5.56 Å². The molecule has 0 aliphatic carbocycles. The second-order valence-electron chi connectivity index (χ2n) is 7.45. The molecule has 3 unspecified atom stereocenters. The van der Waals surface area contributed by atoms with Crippen LogP contribution in [-0.2, 0) is 11.3 Å². The molecular formula is C19H23N3O2S2. The third kappa shape index (κ3) is 3.01. The summed E-state index contributed by atoms with van der Waals surface area (Å²) < 4.78 is 2.59. The largest absolute Gasteiger partial charge is 0.375 e. The number of hydrogen-bond donors (Lipinski definition) is 0. The van der Waals surface area contributed by atoms with Crippen LogP contribution in [0, 0.1) is 5.92 Å². The number of nitrogens with zero attached hydrogens (tertiary/aromatic N) is 3. The number of fused-ring (bicyclic) bond motifs is 4. The minimum atomic E-state index is 0.0294. The standard InChI is InChI=1S/C19H23N3O2S2/c1-3-12(2)22-18(24)16(26-19(22)25)11-20-8-13-7-14(10-20)15-5-4-6-17(23)21(15)9-13/h4-6,11-14H,3,7-10H2,1-2H3. The van der Waals surface area contributed by atoms with Crippen molar-refractivity contribution in [3.05, 3.63) is 45.4 Å². The third-order valence-corrected chi connectivity index (χ3v) is 6.98. The lowest BCUT2D eigenvalue weighted by atomic mass is 9.83. The summed E-state index contributed by atoms with van der Waals surface area (Å²) in [5.74, 6) is 0.811. The molecule has 0 radical (unpaired) electrons. The maximum absolute atomic E-state index is 12.8. The Morgan fingerprint density at radius 3 is 2.88 bits per heavy atom. The summed E-state index contributed by atoms with van der Waals surface area (Å²) in [6.07, 6.45) is 4.00. The summed E-state index contributed by atoms with van der Waals surface area (Å²) in [6, 6.07) is 5.69. The fourth-order valence-corrected chi connectivity index (χ4v) is 5.71. The van der Waals surface area contributed by atoms with Crippen molar-refractivity contribution in [3.8, 4) is 0 Å². The number of hydrogen-bond acceptors (Lipinski definition) is 5. The molecule has 0 aromatic carbocycles. The van der Waals surface area contributed by atoms with Crippen LogP contribution in [0.4, 0.5) is 0 Å². The smallest absolute Gasteiger partial charge is 0.267 e. The number of piperidine rings is 1. The fourth-order valence-electron chi connectivity index (χ4n) is 4.24. The van der Waals surface area contributed by atoms with Gasteiger partial charge >= 0.3 is 0 Å². The van der Waals surface area contributed by atoms with E-state index in [9.17, 15) is 9.59 Å². The molecule has 26 heavy (non-hydrogen) atoms. The molecular weight excluding hydrogens is 366 g/mol. The molecule has 0 N–H and O–H groups in total. The fraction of sp³-hybridized carbons (Fsp3) is 0.526. The van der Waals surface area contributed by atoms with Gasteiger partial charge in [-0.2, -0.15) is 0 Å². The molecule has 3 aliphatic heterocycles. The van der Waals surface area contributed by atoms with E-state index in [0.717, 1.165) is 43.1 Å². The van der Waals surface area contributed by atoms with Crippen LogP contribution in [0.25, 0.3) is 0 Å². The molecule has 3 aliphatic rings. The Morgan fingerprint density at radius 2 is 2.12 bits per heavy atom. The highest BCUT2D eigenvalue weighted by molar-refractivity contribution is 8.26. The van der Waals surface area contributed by atoms with Crippen molar-refractivity contribution in [2.45, 2.75) is 45.2 Å². The first-order chi connectivity index (χ1) is 12.5. The Bertz CT molecular complexity index is 847. The van der Waals surface area contributed by atoms with Gasteiger partial charge in [0.1, 0.15) is 4.32 Å². The molecule has 7 heteroatoms. The number of rotatable bonds is 3. The first-order valence-corrected chi connectivity index (χ1v) is 10.4. The van der Waals surface area contributed by atoms with E-state index < -0.39 is 0 Å². The van der Waals surface area contributed by atoms with Gasteiger partial charge in [0, 0.05) is 49.6 Å². The first-order valence-electron chi connectivity index (χ1n) is 9.19. The average Bonchev–Trinajstić information content (AvgIpc) is 2.89. The van der Waals surface area contributed by atoms with Crippen LogP contribution in [-0.4, -0.2) is 43.7 Å². The SMILES string of the molecule is CCC(C)N1C(=O)C(=CN2CC3CC(C2)c2cccc(=O)n2C3)SC1=S. The van der Waals surface area contributed by atoms with Crippen LogP contribution in [0.5, 0.6) is 0 Å². The zero-order valence-electron chi connectivity index (χ0n) is 15.1. The number of carbonyl (C=O) groups excluding carboxylic acids is 1. The number of carbonyl (C=O) groups is 1. The molecule has 1 aromatic rings. The summed E-state index contributed by atoms with van der Waals surface area (Å²) in [5.41, 5.74) is 1.22. The van der Waals surface area contributed by atoms with Gasteiger partial charge < -0.3 is 9.47 Å². The van der Waals surface area contributed by atoms with E-state index in [1.54, 1.807) is 11.0 Å². The number of likely N-dealkylation sites (tertiary alicyclic amines) is 1. The van der Waals surface area contributed by atoms with Crippen molar-refractivity contribution in [2.75, 3.05) is 13.1 Å². The van der Waals surface area contributed by atoms with Crippen molar-refractivity contribution >= 4 is 34.2 Å². The Hall–Kier alpha value is -1.60. The van der Waals surface area contributed by atoms with Crippen LogP contribution in [0.2, 0.25) is 0 Å². The number of amides is 1. The van der Waals surface area contributed by atoms with Crippen molar-refractivity contribution in [1.82, 2.24) is 14.4 Å². The van der Waals surface area contributed by atoms with Crippen LogP contribution >= 0.6 is 24.0 Å². The summed E-state index contributed by atoms with van der Waals surface area (Å²) >= 11 is 6.83. The summed E-state index contributed by atoms with van der Waals surface area (Å²) in [4.78, 5) is 29.6. The molecule has 3 atom stereocenters. The van der Waals surface area contributed by atoms with Crippen molar-refractivity contribution in [3.63, 3.8) is 0 Å². The van der Waals surface area contributed by atoms with E-state index >= 15 is 0 Å². The normalized spacial score (nSPS) is 27.8. The van der Waals surface area contributed by atoms with Crippen molar-refractivity contribution < 1.29 is 4.79 Å². The summed E-state index contributed by atoms with van der Waals surface area (Å²) in [6.45, 7) is 6.59. The molecule has 2 bridgehead atoms. The second kappa shape index (κ2) is 6.85. The molecule has 2 fully saturated rings. The first kappa shape index (κ1) is 17.8. The second-order valence-corrected chi connectivity index (χ2v) is 9.12. The van der Waals surface area contributed by atoms with E-state index in [1.807, 2.05) is 23.8 Å². The highest BCUT2D eigenvalue weighted by atomic mass is 32.2. The van der Waals surface area contributed by atoms with Gasteiger partial charge in [0.05, 0.1) is 4.91 Å². The van der Waals surface area contributed by atoms with E-state index in [0.29, 0.717) is 16.2 Å². The summed E-state index contributed by atoms with van der Waals surface area (Å²) in [5, 5.41) is 0. The Kier molecular flexibility index (Phi) is 4.69. The lowest BCUT2D eigenvalue weighted by molar-refractivity contribution is -0.123. The van der Waals surface area contributed by atoms with Gasteiger partial charge in [-0.25, -0.2) is 0 Å². The maximum atomic E-state index is 12.8. The average molecular weight is 390 g/mol. The van der Waals surface area contributed by atoms with Gasteiger partial charge in [-0.15, -0.1) is 0 Å². The van der Waals surface area contributed by atoms with Crippen LogP contribution in [0.15, 0.2) is 34.1 Å². The van der Waals surface area contributed by atoms with Gasteiger partial charge in [0.25, 0.3) is 11.5 Å². The quantitative estimate of drug-likeness (QED) is 0.588. The number of aromatic nitrogens is 1. The summed E-state index contributed by atoms with van der Waals surface area (Å²) in [7, 11) is 0. The minimum Gasteiger partial charge on any atom is -0.375 e. The molecule has 0 spiro atoms. The van der Waals surface area contributed by atoms with Gasteiger partial charge in [0.2, 0.25) is 0 Å². The van der Waals surface area contributed by atoms with Crippen molar-refractivity contribution in [1.29, 1.82) is 0 Å². The Morgan fingerprint density at radius 1 is 1.31 bits per heavy atom. The van der Waals surface area contributed by atoms with Crippen LogP contribution in [0.1, 0.15) is 38.3 Å². The number of thiocarbonyl (C=S) groups is 1. The van der Waals surface area contributed by atoms with E-state index in [4.69, 9.17) is 12.2 Å². The van der Waals surface area contributed by atoms with Crippen LogP contribution in [0.3, 0.4) is 0 Å². The van der Waals surface area contributed by atoms with Crippen molar-refractivity contribution in [2.24, 2.45) is 5.92 Å². The highest BCUT2D eigenvalue weighted by Crippen LogP contribution is 2.37. The maximum Gasteiger partial charge on any atom is 0.267 e. The van der Waals surface area contributed by atoms with E-state index in [1.165, 1.54) is 11.8 Å². The molecule has 138 valence electrons. The van der Waals surface area contributed by atoms with E-state index in [-0.39, 0.29) is 17.5 Å².